The van der Waals surface area contributed by atoms with Gasteiger partial charge in [-0.05, 0) is 29.3 Å². The number of carbonyl (C=O) groups is 2. The van der Waals surface area contributed by atoms with Gasteiger partial charge in [0.15, 0.2) is 17.3 Å². The average Bonchev–Trinajstić information content (AvgIpc) is 2.71. The molecule has 0 atom stereocenters. The summed E-state index contributed by atoms with van der Waals surface area (Å²) >= 11 is 11.2. The molecule has 1 saturated heterocycles. The molecule has 3 rings (SSSR count). The number of rotatable bonds is 5. The van der Waals surface area contributed by atoms with Crippen molar-refractivity contribution >= 4 is 40.5 Å². The predicted octanol–water partition coefficient (Wildman–Crippen LogP) is 6.62. The summed E-state index contributed by atoms with van der Waals surface area (Å²) in [5, 5.41) is -1.24. The van der Waals surface area contributed by atoms with Crippen LogP contribution < -0.4 is 0 Å². The fourth-order valence-corrected chi connectivity index (χ4v) is 3.94. The first kappa shape index (κ1) is 25.2. The van der Waals surface area contributed by atoms with Crippen LogP contribution in [0.5, 0.6) is 0 Å². The molecule has 0 N–H and O–H groups in total. The zero-order chi connectivity index (χ0) is 24.7. The predicted molar refractivity (Wildman–Crippen MR) is 115 cm³/mol. The molecule has 0 spiro atoms. The maximum absolute atomic E-state index is 15.0. The number of amides is 1. The van der Waals surface area contributed by atoms with Crippen molar-refractivity contribution in [3.63, 3.8) is 0 Å². The normalized spacial score (nSPS) is 16.1. The Morgan fingerprint density at radius 2 is 1.55 bits per heavy atom. The number of allylic oxidation sites excluding steroid dienone is 2. The lowest BCUT2D eigenvalue weighted by Crippen LogP contribution is -2.59. The van der Waals surface area contributed by atoms with Gasteiger partial charge < -0.3 is 4.90 Å². The standard InChI is InChI=1S/C23H18Cl2F5NO2/c1-12(2)21(33)31-10-22(27,11-31)15-5-3-13(4-6-15)19(32)9-16(23(28,29)30)14-7-17(24)20(26)18(25)8-14/h3-9,12H,10-11H2,1-2H3. The second-order valence-electron chi connectivity index (χ2n) is 8.07. The van der Waals surface area contributed by atoms with Crippen molar-refractivity contribution in [3.05, 3.63) is 75.0 Å². The lowest BCUT2D eigenvalue weighted by atomic mass is 9.86. The van der Waals surface area contributed by atoms with Gasteiger partial charge in [0.25, 0.3) is 0 Å². The lowest BCUT2D eigenvalue weighted by molar-refractivity contribution is -0.149. The minimum atomic E-state index is -4.96. The maximum Gasteiger partial charge on any atom is 0.417 e. The second kappa shape index (κ2) is 9.06. The molecule has 0 radical (unpaired) electrons. The van der Waals surface area contributed by atoms with Crippen LogP contribution in [-0.2, 0) is 10.5 Å². The number of alkyl halides is 4. The Balaban J connectivity index is 1.85. The van der Waals surface area contributed by atoms with Gasteiger partial charge in [-0.2, -0.15) is 13.2 Å². The Hall–Kier alpha value is -2.45. The number of carbonyl (C=O) groups excluding carboxylic acids is 2. The Morgan fingerprint density at radius 3 is 2.00 bits per heavy atom. The van der Waals surface area contributed by atoms with Crippen LogP contribution in [0, 0.1) is 11.7 Å². The Morgan fingerprint density at radius 1 is 1.03 bits per heavy atom. The molecule has 0 aromatic heterocycles. The van der Waals surface area contributed by atoms with Gasteiger partial charge in [0.05, 0.1) is 28.7 Å². The summed E-state index contributed by atoms with van der Waals surface area (Å²) in [4.78, 5) is 25.8. The van der Waals surface area contributed by atoms with Crippen molar-refractivity contribution in [2.24, 2.45) is 5.92 Å². The van der Waals surface area contributed by atoms with Crippen LogP contribution in [0.15, 0.2) is 42.5 Å². The quantitative estimate of drug-likeness (QED) is 0.198. The molecule has 3 nitrogen and oxygen atoms in total. The van der Waals surface area contributed by atoms with Crippen molar-refractivity contribution in [3.8, 4) is 0 Å². The van der Waals surface area contributed by atoms with Gasteiger partial charge in [-0.25, -0.2) is 8.78 Å². The highest BCUT2D eigenvalue weighted by Crippen LogP contribution is 2.39. The molecule has 0 unspecified atom stereocenters. The smallest absolute Gasteiger partial charge is 0.335 e. The fraction of sp³-hybridized carbons (Fsp3) is 0.304. The van der Waals surface area contributed by atoms with Gasteiger partial charge in [-0.3, -0.25) is 9.59 Å². The van der Waals surface area contributed by atoms with Gasteiger partial charge in [0.1, 0.15) is 0 Å². The largest absolute Gasteiger partial charge is 0.417 e. The topological polar surface area (TPSA) is 37.4 Å². The summed E-state index contributed by atoms with van der Waals surface area (Å²) in [6.45, 7) is 3.14. The average molecular weight is 506 g/mol. The first-order chi connectivity index (χ1) is 15.2. The summed E-state index contributed by atoms with van der Waals surface area (Å²) in [7, 11) is 0. The van der Waals surface area contributed by atoms with Gasteiger partial charge in [-0.15, -0.1) is 0 Å². The number of ketones is 1. The molecule has 1 aliphatic heterocycles. The lowest BCUT2D eigenvalue weighted by Gasteiger charge is -2.45. The number of halogens is 7. The van der Waals surface area contributed by atoms with Gasteiger partial charge >= 0.3 is 6.18 Å². The summed E-state index contributed by atoms with van der Waals surface area (Å²) in [6.07, 6.45) is -4.60. The Labute approximate surface area is 196 Å². The molecule has 0 bridgehead atoms. The van der Waals surface area contributed by atoms with Crippen LogP contribution in [0.25, 0.3) is 5.57 Å². The zero-order valence-corrected chi connectivity index (χ0v) is 19.0. The van der Waals surface area contributed by atoms with Crippen LogP contribution in [-0.4, -0.2) is 35.9 Å². The van der Waals surface area contributed by atoms with Crippen molar-refractivity contribution < 1.29 is 31.5 Å². The van der Waals surface area contributed by atoms with E-state index in [0.717, 1.165) is 12.1 Å². The molecule has 1 heterocycles. The monoisotopic (exact) mass is 505 g/mol. The molecule has 2 aromatic carbocycles. The van der Waals surface area contributed by atoms with Crippen LogP contribution in [0.4, 0.5) is 22.0 Å². The molecular formula is C23H18Cl2F5NO2. The number of hydrogen-bond acceptors (Lipinski definition) is 2. The van der Waals surface area contributed by atoms with E-state index in [1.165, 1.54) is 29.2 Å². The molecule has 33 heavy (non-hydrogen) atoms. The van der Waals surface area contributed by atoms with Gasteiger partial charge in [-0.1, -0.05) is 61.3 Å². The number of benzene rings is 2. The SMILES string of the molecule is CC(C)C(=O)N1CC(F)(c2ccc(C(=O)C=C(c3cc(Cl)c(F)c(Cl)c3)C(F)(F)F)cc2)C1. The number of hydrogen-bond donors (Lipinski definition) is 0. The van der Waals surface area contributed by atoms with Crippen molar-refractivity contribution in [1.29, 1.82) is 0 Å². The maximum atomic E-state index is 15.0. The third-order valence-electron chi connectivity index (χ3n) is 5.25. The first-order valence-electron chi connectivity index (χ1n) is 9.79. The van der Waals surface area contributed by atoms with E-state index in [1.54, 1.807) is 13.8 Å². The zero-order valence-electron chi connectivity index (χ0n) is 17.4. The Kier molecular flexibility index (Phi) is 6.92. The third kappa shape index (κ3) is 5.22. The molecule has 0 saturated carbocycles. The molecule has 176 valence electrons. The van der Waals surface area contributed by atoms with Crippen LogP contribution >= 0.6 is 23.2 Å². The summed E-state index contributed by atoms with van der Waals surface area (Å²) in [6, 6.07) is 6.48. The van der Waals surface area contributed by atoms with Crippen LogP contribution in [0.3, 0.4) is 0 Å². The van der Waals surface area contributed by atoms with E-state index in [0.29, 0.717) is 6.08 Å². The van der Waals surface area contributed by atoms with Gasteiger partial charge in [0.2, 0.25) is 5.91 Å². The van der Waals surface area contributed by atoms with Gasteiger partial charge in [0, 0.05) is 11.5 Å². The highest BCUT2D eigenvalue weighted by molar-refractivity contribution is 6.35. The number of nitrogens with zero attached hydrogens (tertiary/aromatic N) is 1. The van der Waals surface area contributed by atoms with E-state index < -0.39 is 44.6 Å². The molecule has 2 aromatic rings. The van der Waals surface area contributed by atoms with E-state index in [1.807, 2.05) is 0 Å². The molecule has 1 amide bonds. The molecule has 10 heteroatoms. The molecule has 0 aliphatic carbocycles. The first-order valence-corrected chi connectivity index (χ1v) is 10.5. The fourth-order valence-electron chi connectivity index (χ4n) is 3.45. The molecule has 1 aliphatic rings. The van der Waals surface area contributed by atoms with Crippen molar-refractivity contribution in [1.82, 2.24) is 4.90 Å². The second-order valence-corrected chi connectivity index (χ2v) is 8.88. The van der Waals surface area contributed by atoms with E-state index in [4.69, 9.17) is 23.2 Å². The van der Waals surface area contributed by atoms with Crippen molar-refractivity contribution in [2.75, 3.05) is 13.1 Å². The molecule has 1 fully saturated rings. The minimum Gasteiger partial charge on any atom is -0.335 e. The molecular weight excluding hydrogens is 488 g/mol. The third-order valence-corrected chi connectivity index (χ3v) is 5.80. The van der Waals surface area contributed by atoms with Crippen LogP contribution in [0.1, 0.15) is 35.3 Å². The summed E-state index contributed by atoms with van der Waals surface area (Å²) in [5.41, 5.74) is -3.62. The highest BCUT2D eigenvalue weighted by Gasteiger charge is 2.47. The van der Waals surface area contributed by atoms with E-state index in [-0.39, 0.29) is 36.0 Å². The van der Waals surface area contributed by atoms with Crippen LogP contribution in [0.2, 0.25) is 10.0 Å². The van der Waals surface area contributed by atoms with E-state index in [9.17, 15) is 27.2 Å². The summed E-state index contributed by atoms with van der Waals surface area (Å²) in [5.74, 6) is -2.52. The Bertz CT molecular complexity index is 1100. The van der Waals surface area contributed by atoms with E-state index in [2.05, 4.69) is 0 Å². The minimum absolute atomic E-state index is 0.113. The summed E-state index contributed by atoms with van der Waals surface area (Å²) < 4.78 is 69.4. The highest BCUT2D eigenvalue weighted by atomic mass is 35.5. The van der Waals surface area contributed by atoms with Crippen molar-refractivity contribution in [2.45, 2.75) is 25.7 Å². The number of likely N-dealkylation sites (tertiary alicyclic amines) is 1. The van der Waals surface area contributed by atoms with E-state index >= 15 is 4.39 Å².